The number of aromatic nitrogens is 1. The number of nitrogens with one attached hydrogen (secondary N) is 2. The monoisotopic (exact) mass is 275 g/mol. The highest BCUT2D eigenvalue weighted by Crippen LogP contribution is 2.00. The van der Waals surface area contributed by atoms with Crippen LogP contribution in [0.2, 0.25) is 0 Å². The summed E-state index contributed by atoms with van der Waals surface area (Å²) in [5.74, 6) is 0.140. The molecule has 0 aliphatic carbocycles. The van der Waals surface area contributed by atoms with E-state index in [0.717, 1.165) is 37.4 Å². The lowest BCUT2D eigenvalue weighted by Gasteiger charge is -2.32. The van der Waals surface area contributed by atoms with Gasteiger partial charge < -0.3 is 20.5 Å². The van der Waals surface area contributed by atoms with Crippen molar-refractivity contribution in [1.82, 2.24) is 20.1 Å². The first-order valence-electron chi connectivity index (χ1n) is 6.81. The van der Waals surface area contributed by atoms with E-state index in [2.05, 4.69) is 22.2 Å². The number of hydrogen-bond donors (Lipinski definition) is 2. The molecule has 1 aromatic rings. The topological polar surface area (TPSA) is 72.3 Å². The Hall–Kier alpha value is -1.79. The first-order chi connectivity index (χ1) is 9.69. The fourth-order valence-electron chi connectivity index (χ4n) is 2.15. The van der Waals surface area contributed by atoms with E-state index in [0.29, 0.717) is 13.1 Å². The zero-order valence-electron chi connectivity index (χ0n) is 11.8. The second-order valence-electron chi connectivity index (χ2n) is 5.01. The molecule has 2 rings (SSSR count). The number of pyridine rings is 1. The Morgan fingerprint density at radius 3 is 2.90 bits per heavy atom. The van der Waals surface area contributed by atoms with Gasteiger partial charge in [-0.15, -0.1) is 0 Å². The first kappa shape index (κ1) is 14.6. The van der Waals surface area contributed by atoms with Crippen LogP contribution in [-0.4, -0.2) is 66.7 Å². The van der Waals surface area contributed by atoms with E-state index < -0.39 is 0 Å². The third-order valence-corrected chi connectivity index (χ3v) is 3.45. The van der Waals surface area contributed by atoms with Gasteiger partial charge in [0, 0.05) is 45.1 Å². The van der Waals surface area contributed by atoms with Crippen LogP contribution >= 0.6 is 0 Å². The maximum absolute atomic E-state index is 12.0. The predicted octanol–water partition coefficient (Wildman–Crippen LogP) is -0.0571. The van der Waals surface area contributed by atoms with Gasteiger partial charge in [-0.2, -0.15) is 0 Å². The molecule has 0 saturated carbocycles. The van der Waals surface area contributed by atoms with Gasteiger partial charge in [0.1, 0.15) is 0 Å². The summed E-state index contributed by atoms with van der Waals surface area (Å²) in [5.41, 5.74) is 1.67. The number of amides is 1. The average molecular weight is 275 g/mol. The summed E-state index contributed by atoms with van der Waals surface area (Å²) in [7, 11) is 2.07. The third-order valence-electron chi connectivity index (χ3n) is 3.45. The van der Waals surface area contributed by atoms with Crippen molar-refractivity contribution in [1.29, 1.82) is 5.41 Å². The summed E-state index contributed by atoms with van der Waals surface area (Å²) in [6.45, 7) is 4.36. The van der Waals surface area contributed by atoms with Gasteiger partial charge in [-0.3, -0.25) is 9.78 Å². The molecule has 1 aromatic heterocycles. The number of carbonyl (C=O) groups is 1. The second kappa shape index (κ2) is 7.12. The summed E-state index contributed by atoms with van der Waals surface area (Å²) in [4.78, 5) is 20.3. The van der Waals surface area contributed by atoms with Crippen molar-refractivity contribution in [2.75, 3.05) is 39.8 Å². The highest BCUT2D eigenvalue weighted by molar-refractivity contribution is 5.78. The molecule has 0 unspecified atom stereocenters. The number of piperazine rings is 1. The SMILES string of the molecule is CN1CCN(C(=O)CNCc2cc(C=N)ccn2)CC1. The van der Waals surface area contributed by atoms with Crippen LogP contribution in [0.15, 0.2) is 18.3 Å². The molecule has 2 heterocycles. The van der Waals surface area contributed by atoms with Crippen LogP contribution in [0.3, 0.4) is 0 Å². The fraction of sp³-hybridized carbons (Fsp3) is 0.500. The molecule has 0 bridgehead atoms. The van der Waals surface area contributed by atoms with E-state index in [1.54, 1.807) is 12.3 Å². The highest BCUT2D eigenvalue weighted by atomic mass is 16.2. The van der Waals surface area contributed by atoms with Crippen LogP contribution in [-0.2, 0) is 11.3 Å². The molecule has 1 fully saturated rings. The molecule has 1 aliphatic heterocycles. The lowest BCUT2D eigenvalue weighted by Crippen LogP contribution is -2.49. The van der Waals surface area contributed by atoms with Gasteiger partial charge in [-0.25, -0.2) is 0 Å². The molecule has 108 valence electrons. The standard InChI is InChI=1S/C14H21N5O/c1-18-4-6-19(7-5-18)14(20)11-16-10-13-8-12(9-15)2-3-17-13/h2-3,8-9,15-16H,4-7,10-11H2,1H3. The third kappa shape index (κ3) is 4.11. The number of nitrogens with zero attached hydrogens (tertiary/aromatic N) is 3. The lowest BCUT2D eigenvalue weighted by molar-refractivity contribution is -0.131. The van der Waals surface area contributed by atoms with Crippen molar-refractivity contribution in [3.8, 4) is 0 Å². The van der Waals surface area contributed by atoms with E-state index in [1.807, 2.05) is 11.0 Å². The van der Waals surface area contributed by atoms with Crippen molar-refractivity contribution < 1.29 is 4.79 Å². The van der Waals surface area contributed by atoms with Gasteiger partial charge in [-0.1, -0.05) is 0 Å². The number of hydrogen-bond acceptors (Lipinski definition) is 5. The number of carbonyl (C=O) groups excluding carboxylic acids is 1. The molecule has 1 saturated heterocycles. The Balaban J connectivity index is 1.74. The molecular weight excluding hydrogens is 254 g/mol. The van der Waals surface area contributed by atoms with Gasteiger partial charge in [0.25, 0.3) is 0 Å². The fourth-order valence-corrected chi connectivity index (χ4v) is 2.15. The summed E-state index contributed by atoms with van der Waals surface area (Å²) < 4.78 is 0. The summed E-state index contributed by atoms with van der Waals surface area (Å²) in [6, 6.07) is 3.63. The first-order valence-corrected chi connectivity index (χ1v) is 6.81. The van der Waals surface area contributed by atoms with Crippen LogP contribution in [0.5, 0.6) is 0 Å². The van der Waals surface area contributed by atoms with Crippen molar-refractivity contribution in [2.45, 2.75) is 6.54 Å². The van der Waals surface area contributed by atoms with Crippen LogP contribution < -0.4 is 5.32 Å². The highest BCUT2D eigenvalue weighted by Gasteiger charge is 2.18. The summed E-state index contributed by atoms with van der Waals surface area (Å²) in [6.07, 6.45) is 2.97. The Morgan fingerprint density at radius 2 is 2.20 bits per heavy atom. The summed E-state index contributed by atoms with van der Waals surface area (Å²) in [5, 5.41) is 10.3. The van der Waals surface area contributed by atoms with E-state index in [1.165, 1.54) is 6.21 Å². The molecule has 1 amide bonds. The van der Waals surface area contributed by atoms with Gasteiger partial charge in [0.2, 0.25) is 5.91 Å². The second-order valence-corrected chi connectivity index (χ2v) is 5.01. The van der Waals surface area contributed by atoms with E-state index in [4.69, 9.17) is 5.41 Å². The predicted molar refractivity (Wildman–Crippen MR) is 77.9 cm³/mol. The maximum atomic E-state index is 12.0. The van der Waals surface area contributed by atoms with Crippen molar-refractivity contribution in [3.05, 3.63) is 29.6 Å². The van der Waals surface area contributed by atoms with Crippen LogP contribution in [0, 0.1) is 5.41 Å². The molecule has 0 aromatic carbocycles. The van der Waals surface area contributed by atoms with Crippen LogP contribution in [0.1, 0.15) is 11.3 Å². The normalized spacial score (nSPS) is 16.1. The van der Waals surface area contributed by atoms with Crippen LogP contribution in [0.25, 0.3) is 0 Å². The Labute approximate surface area is 119 Å². The Morgan fingerprint density at radius 1 is 1.45 bits per heavy atom. The van der Waals surface area contributed by atoms with Gasteiger partial charge >= 0.3 is 0 Å². The average Bonchev–Trinajstić information content (AvgIpc) is 2.48. The van der Waals surface area contributed by atoms with E-state index >= 15 is 0 Å². The minimum atomic E-state index is 0.140. The smallest absolute Gasteiger partial charge is 0.236 e. The lowest BCUT2D eigenvalue weighted by atomic mass is 10.2. The molecule has 0 atom stereocenters. The minimum Gasteiger partial charge on any atom is -0.339 e. The van der Waals surface area contributed by atoms with Gasteiger partial charge in [0.05, 0.1) is 12.2 Å². The number of rotatable bonds is 5. The van der Waals surface area contributed by atoms with Crippen molar-refractivity contribution >= 4 is 12.1 Å². The van der Waals surface area contributed by atoms with Gasteiger partial charge in [-0.05, 0) is 24.7 Å². The largest absolute Gasteiger partial charge is 0.339 e. The molecular formula is C14H21N5O. The quantitative estimate of drug-likeness (QED) is 0.739. The Bertz CT molecular complexity index is 468. The van der Waals surface area contributed by atoms with Crippen molar-refractivity contribution in [3.63, 3.8) is 0 Å². The molecule has 0 radical (unpaired) electrons. The maximum Gasteiger partial charge on any atom is 0.236 e. The molecule has 2 N–H and O–H groups in total. The molecule has 6 nitrogen and oxygen atoms in total. The summed E-state index contributed by atoms with van der Waals surface area (Å²) >= 11 is 0. The van der Waals surface area contributed by atoms with E-state index in [-0.39, 0.29) is 5.91 Å². The van der Waals surface area contributed by atoms with Gasteiger partial charge in [0.15, 0.2) is 0 Å². The van der Waals surface area contributed by atoms with Crippen LogP contribution in [0.4, 0.5) is 0 Å². The molecule has 6 heteroatoms. The zero-order chi connectivity index (χ0) is 14.4. The van der Waals surface area contributed by atoms with Crippen molar-refractivity contribution in [2.24, 2.45) is 0 Å². The molecule has 1 aliphatic rings. The number of likely N-dealkylation sites (N-methyl/N-ethyl adjacent to an activating group) is 1. The minimum absolute atomic E-state index is 0.140. The zero-order valence-corrected chi connectivity index (χ0v) is 11.8. The molecule has 20 heavy (non-hydrogen) atoms. The van der Waals surface area contributed by atoms with E-state index in [9.17, 15) is 4.79 Å². The Kier molecular flexibility index (Phi) is 5.20. The molecule has 0 spiro atoms.